The van der Waals surface area contributed by atoms with Gasteiger partial charge in [0.2, 0.25) is 5.91 Å². The molecule has 0 spiro atoms. The largest absolute Gasteiger partial charge is 0.484 e. The maximum atomic E-state index is 13.1. The van der Waals surface area contributed by atoms with Crippen molar-refractivity contribution in [1.82, 2.24) is 19.6 Å². The predicted octanol–water partition coefficient (Wildman–Crippen LogP) is 4.13. The van der Waals surface area contributed by atoms with Gasteiger partial charge in [0.25, 0.3) is 5.91 Å². The van der Waals surface area contributed by atoms with Crippen LogP contribution in [0.1, 0.15) is 41.9 Å². The summed E-state index contributed by atoms with van der Waals surface area (Å²) in [5.41, 5.74) is 1.02. The van der Waals surface area contributed by atoms with Crippen molar-refractivity contribution in [3.8, 4) is 5.75 Å². The van der Waals surface area contributed by atoms with E-state index in [1.807, 2.05) is 6.07 Å². The van der Waals surface area contributed by atoms with Crippen LogP contribution in [0.25, 0.3) is 0 Å². The van der Waals surface area contributed by atoms with Gasteiger partial charge in [0, 0.05) is 32.4 Å². The molecule has 0 aliphatic carbocycles. The van der Waals surface area contributed by atoms with Crippen LogP contribution in [0, 0.1) is 6.92 Å². The van der Waals surface area contributed by atoms with E-state index in [-0.39, 0.29) is 24.4 Å². The minimum Gasteiger partial charge on any atom is -0.484 e. The maximum Gasteiger partial charge on any atom is 0.409 e. The molecule has 0 bridgehead atoms. The number of piperazine rings is 1. The lowest BCUT2D eigenvalue weighted by Crippen LogP contribution is -2.52. The van der Waals surface area contributed by atoms with E-state index in [1.54, 1.807) is 67.1 Å². The van der Waals surface area contributed by atoms with Crippen molar-refractivity contribution in [3.05, 3.63) is 64.8 Å². The Kier molecular flexibility index (Phi) is 8.57. The molecule has 1 aromatic carbocycles. The highest BCUT2D eigenvalue weighted by molar-refractivity contribution is 6.32. The summed E-state index contributed by atoms with van der Waals surface area (Å²) in [7, 11) is 0. The minimum atomic E-state index is -0.592. The van der Waals surface area contributed by atoms with Crippen molar-refractivity contribution in [2.75, 3.05) is 38.1 Å². The summed E-state index contributed by atoms with van der Waals surface area (Å²) in [6.45, 7) is 7.30. The normalized spacial score (nSPS) is 14.2. The van der Waals surface area contributed by atoms with E-state index in [4.69, 9.17) is 25.5 Å². The molecule has 0 saturated carbocycles. The molecule has 38 heavy (non-hydrogen) atoms. The lowest BCUT2D eigenvalue weighted by atomic mass is 10.2. The number of rotatable bonds is 8. The molecule has 2 aromatic heterocycles. The molecule has 11 nitrogen and oxygen atoms in total. The first kappa shape index (κ1) is 27.1. The van der Waals surface area contributed by atoms with Gasteiger partial charge in [0.1, 0.15) is 24.2 Å². The molecule has 1 atom stereocenters. The van der Waals surface area contributed by atoms with Crippen LogP contribution >= 0.6 is 11.6 Å². The van der Waals surface area contributed by atoms with Crippen molar-refractivity contribution in [2.45, 2.75) is 33.4 Å². The number of amides is 3. The Morgan fingerprint density at radius 1 is 1.11 bits per heavy atom. The predicted molar refractivity (Wildman–Crippen MR) is 139 cm³/mol. The first-order valence-electron chi connectivity index (χ1n) is 12.3. The molecular weight excluding hydrogens is 514 g/mol. The minimum absolute atomic E-state index is 0.110. The third-order valence-corrected chi connectivity index (χ3v) is 6.44. The number of ether oxygens (including phenoxy) is 2. The molecule has 1 aliphatic rings. The van der Waals surface area contributed by atoms with Gasteiger partial charge in [-0.1, -0.05) is 23.7 Å². The average Bonchev–Trinajstić information content (AvgIpc) is 3.54. The third kappa shape index (κ3) is 6.28. The smallest absolute Gasteiger partial charge is 0.409 e. The fourth-order valence-corrected chi connectivity index (χ4v) is 4.17. The second-order valence-electron chi connectivity index (χ2n) is 8.73. The van der Waals surface area contributed by atoms with Crippen LogP contribution in [0.3, 0.4) is 0 Å². The quantitative estimate of drug-likeness (QED) is 0.453. The van der Waals surface area contributed by atoms with E-state index in [1.165, 1.54) is 4.68 Å². The van der Waals surface area contributed by atoms with Gasteiger partial charge in [-0.2, -0.15) is 5.10 Å². The maximum absolute atomic E-state index is 13.1. The first-order valence-corrected chi connectivity index (χ1v) is 12.7. The molecule has 202 valence electrons. The molecule has 4 rings (SSSR count). The summed E-state index contributed by atoms with van der Waals surface area (Å²) in [6.07, 6.45) is 1.25. The zero-order valence-corrected chi connectivity index (χ0v) is 22.2. The molecule has 3 amide bonds. The van der Waals surface area contributed by atoms with E-state index < -0.39 is 11.9 Å². The number of nitrogens with zero attached hydrogens (tertiary/aromatic N) is 4. The van der Waals surface area contributed by atoms with E-state index in [9.17, 15) is 14.4 Å². The summed E-state index contributed by atoms with van der Waals surface area (Å²) in [5.74, 6) is 0.515. The molecule has 1 saturated heterocycles. The van der Waals surface area contributed by atoms with Crippen molar-refractivity contribution in [2.24, 2.45) is 0 Å². The molecule has 1 aliphatic heterocycles. The highest BCUT2D eigenvalue weighted by Crippen LogP contribution is 2.25. The summed E-state index contributed by atoms with van der Waals surface area (Å²) < 4.78 is 17.8. The van der Waals surface area contributed by atoms with E-state index in [2.05, 4.69) is 10.4 Å². The summed E-state index contributed by atoms with van der Waals surface area (Å²) in [5, 5.41) is 7.69. The average molecular weight is 544 g/mol. The lowest BCUT2D eigenvalue weighted by Gasteiger charge is -2.35. The van der Waals surface area contributed by atoms with Gasteiger partial charge in [-0.05, 0) is 45.0 Å². The van der Waals surface area contributed by atoms with Crippen LogP contribution in [0.5, 0.6) is 5.75 Å². The first-order chi connectivity index (χ1) is 18.3. The monoisotopic (exact) mass is 543 g/mol. The van der Waals surface area contributed by atoms with Crippen molar-refractivity contribution in [1.29, 1.82) is 0 Å². The van der Waals surface area contributed by atoms with Gasteiger partial charge in [-0.15, -0.1) is 0 Å². The topological polar surface area (TPSA) is 119 Å². The van der Waals surface area contributed by atoms with Crippen LogP contribution in [-0.4, -0.2) is 70.3 Å². The number of benzene rings is 1. The number of nitrogens with one attached hydrogen (secondary N) is 1. The molecule has 3 aromatic rings. The Morgan fingerprint density at radius 3 is 2.53 bits per heavy atom. The van der Waals surface area contributed by atoms with Crippen LogP contribution in [0.2, 0.25) is 5.02 Å². The molecule has 3 heterocycles. The van der Waals surface area contributed by atoms with Gasteiger partial charge in [0.15, 0.2) is 5.76 Å². The Labute approximate surface area is 225 Å². The number of para-hydroxylation sites is 1. The number of aromatic nitrogens is 2. The van der Waals surface area contributed by atoms with Gasteiger partial charge >= 0.3 is 6.09 Å². The summed E-state index contributed by atoms with van der Waals surface area (Å²) >= 11 is 6.10. The Morgan fingerprint density at radius 2 is 1.82 bits per heavy atom. The van der Waals surface area contributed by atoms with E-state index in [0.29, 0.717) is 60.7 Å². The van der Waals surface area contributed by atoms with Gasteiger partial charge in [0.05, 0.1) is 23.0 Å². The fourth-order valence-electron chi connectivity index (χ4n) is 3.98. The summed E-state index contributed by atoms with van der Waals surface area (Å²) in [6, 6.07) is 9.71. The zero-order chi connectivity index (χ0) is 27.2. The number of carbonyl (C=O) groups excluding carboxylic acids is 3. The van der Waals surface area contributed by atoms with E-state index in [0.717, 1.165) is 0 Å². The van der Waals surface area contributed by atoms with Gasteiger partial charge in [-0.25, -0.2) is 4.79 Å². The molecule has 0 radical (unpaired) electrons. The zero-order valence-electron chi connectivity index (χ0n) is 21.5. The molecular formula is C26H30ClN5O6. The van der Waals surface area contributed by atoms with Gasteiger partial charge < -0.3 is 29.0 Å². The second kappa shape index (κ2) is 12.0. The number of hydrogen-bond acceptors (Lipinski definition) is 7. The molecule has 1 N–H and O–H groups in total. The Bertz CT molecular complexity index is 1300. The standard InChI is InChI=1S/C26H30ClN5O6/c1-4-36-26(35)31-13-11-30(12-14-31)25(34)18(3)32-15-21(17(2)29-32)28-24(33)23-10-9-19(38-23)16-37-22-8-6-5-7-20(22)27/h5-10,15,18H,4,11-14,16H2,1-3H3,(H,28,33). The van der Waals surface area contributed by atoms with Crippen LogP contribution < -0.4 is 10.1 Å². The number of anilines is 1. The molecule has 12 heteroatoms. The number of aryl methyl sites for hydroxylation is 1. The lowest BCUT2D eigenvalue weighted by molar-refractivity contribution is -0.136. The Balaban J connectivity index is 1.32. The number of carbonyl (C=O) groups is 3. The fraction of sp³-hybridized carbons (Fsp3) is 0.385. The van der Waals surface area contributed by atoms with Crippen molar-refractivity contribution < 1.29 is 28.3 Å². The number of hydrogen-bond donors (Lipinski definition) is 1. The number of furan rings is 1. The van der Waals surface area contributed by atoms with Gasteiger partial charge in [-0.3, -0.25) is 14.3 Å². The number of halogens is 1. The molecule has 1 fully saturated rings. The molecule has 1 unspecified atom stereocenters. The van der Waals surface area contributed by atoms with Crippen LogP contribution in [0.4, 0.5) is 10.5 Å². The SMILES string of the molecule is CCOC(=O)N1CCN(C(=O)C(C)n2cc(NC(=O)c3ccc(COc4ccccc4Cl)o3)c(C)n2)CC1. The Hall–Kier alpha value is -3.99. The van der Waals surface area contributed by atoms with E-state index >= 15 is 0 Å². The third-order valence-electron chi connectivity index (χ3n) is 6.13. The van der Waals surface area contributed by atoms with Crippen molar-refractivity contribution in [3.63, 3.8) is 0 Å². The highest BCUT2D eigenvalue weighted by Gasteiger charge is 2.29. The second-order valence-corrected chi connectivity index (χ2v) is 9.14. The van der Waals surface area contributed by atoms with Crippen molar-refractivity contribution >= 4 is 35.2 Å². The van der Waals surface area contributed by atoms with Crippen LogP contribution in [-0.2, 0) is 16.1 Å². The van der Waals surface area contributed by atoms with Crippen LogP contribution in [0.15, 0.2) is 47.0 Å². The summed E-state index contributed by atoms with van der Waals surface area (Å²) in [4.78, 5) is 41.0. The highest BCUT2D eigenvalue weighted by atomic mass is 35.5.